The monoisotopic (exact) mass is 337 g/mol. The van der Waals surface area contributed by atoms with Gasteiger partial charge in [-0.3, -0.25) is 0 Å². The molecule has 0 bridgehead atoms. The number of rotatable bonds is 3. The normalized spacial score (nSPS) is 13.5. The van der Waals surface area contributed by atoms with Crippen LogP contribution in [0.1, 0.15) is 29.9 Å². The number of nitrogens with one attached hydrogen (secondary N) is 1. The number of aryl methyl sites for hydroxylation is 1. The topological polar surface area (TPSA) is 58.4 Å². The van der Waals surface area contributed by atoms with Crippen molar-refractivity contribution < 1.29 is 13.7 Å². The number of carbonyl (C=O) groups excluding carboxylic acids is 1. The van der Waals surface area contributed by atoms with Crippen LogP contribution in [0.2, 0.25) is 5.02 Å². The molecule has 3 rings (SSSR count). The highest BCUT2D eigenvalue weighted by Gasteiger charge is 2.21. The van der Waals surface area contributed by atoms with E-state index in [-0.39, 0.29) is 11.1 Å². The number of fused-ring (bicyclic) bond motifs is 1. The molecular formula is C16H17ClFN3O2. The molecule has 5 nitrogen and oxygen atoms in total. The van der Waals surface area contributed by atoms with Crippen LogP contribution in [0.4, 0.5) is 14.9 Å². The average molecular weight is 338 g/mol. The maximum Gasteiger partial charge on any atom is 0.321 e. The van der Waals surface area contributed by atoms with Crippen molar-refractivity contribution in [3.63, 3.8) is 0 Å². The van der Waals surface area contributed by atoms with Gasteiger partial charge in [-0.15, -0.1) is 0 Å². The van der Waals surface area contributed by atoms with Crippen molar-refractivity contribution in [3.8, 4) is 0 Å². The summed E-state index contributed by atoms with van der Waals surface area (Å²) in [5.41, 5.74) is 2.28. The maximum atomic E-state index is 13.0. The van der Waals surface area contributed by atoms with E-state index >= 15 is 0 Å². The lowest BCUT2D eigenvalue weighted by Gasteiger charge is -2.18. The molecule has 1 N–H and O–H groups in total. The van der Waals surface area contributed by atoms with Crippen molar-refractivity contribution in [2.45, 2.75) is 32.2 Å². The average Bonchev–Trinajstić information content (AvgIpc) is 2.93. The van der Waals surface area contributed by atoms with E-state index in [0.29, 0.717) is 12.2 Å². The van der Waals surface area contributed by atoms with Crippen LogP contribution < -0.4 is 5.32 Å². The Balaban J connectivity index is 1.67. The Morgan fingerprint density at radius 2 is 2.22 bits per heavy atom. The summed E-state index contributed by atoms with van der Waals surface area (Å²) in [6, 6.07) is 3.49. The molecule has 1 aromatic carbocycles. The fourth-order valence-electron chi connectivity index (χ4n) is 2.67. The van der Waals surface area contributed by atoms with Gasteiger partial charge in [0.25, 0.3) is 0 Å². The van der Waals surface area contributed by atoms with E-state index in [9.17, 15) is 9.18 Å². The number of anilines is 1. The highest BCUT2D eigenvalue weighted by atomic mass is 35.5. The zero-order valence-electron chi connectivity index (χ0n) is 12.7. The predicted octanol–water partition coefficient (Wildman–Crippen LogP) is 4.01. The van der Waals surface area contributed by atoms with Crippen molar-refractivity contribution in [3.05, 3.63) is 46.1 Å². The minimum atomic E-state index is -0.449. The molecule has 0 saturated heterocycles. The third-order valence-electron chi connectivity index (χ3n) is 3.94. The van der Waals surface area contributed by atoms with Gasteiger partial charge in [-0.25, -0.2) is 9.18 Å². The van der Waals surface area contributed by atoms with Gasteiger partial charge in [0.15, 0.2) is 0 Å². The summed E-state index contributed by atoms with van der Waals surface area (Å²) < 4.78 is 18.4. The van der Waals surface area contributed by atoms with Crippen molar-refractivity contribution in [1.29, 1.82) is 0 Å². The lowest BCUT2D eigenvalue weighted by atomic mass is 9.96. The SMILES string of the molecule is CN(Cc1noc2c1CCCC2)C(=O)Nc1ccc(F)cc1Cl. The quantitative estimate of drug-likeness (QED) is 0.920. The van der Waals surface area contributed by atoms with Gasteiger partial charge in [-0.1, -0.05) is 16.8 Å². The molecule has 1 heterocycles. The Kier molecular flexibility index (Phi) is 4.52. The molecule has 0 aliphatic heterocycles. The van der Waals surface area contributed by atoms with Gasteiger partial charge in [0, 0.05) is 19.0 Å². The van der Waals surface area contributed by atoms with Crippen LogP contribution in [0.5, 0.6) is 0 Å². The number of aromatic nitrogens is 1. The summed E-state index contributed by atoms with van der Waals surface area (Å²) in [6.45, 7) is 0.351. The number of nitrogens with zero attached hydrogens (tertiary/aromatic N) is 2. The first-order valence-electron chi connectivity index (χ1n) is 7.48. The van der Waals surface area contributed by atoms with E-state index in [1.54, 1.807) is 7.05 Å². The Labute approximate surface area is 138 Å². The van der Waals surface area contributed by atoms with Crippen LogP contribution in [0.25, 0.3) is 0 Å². The Hall–Kier alpha value is -2.08. The molecule has 1 aliphatic rings. The number of hydrogen-bond acceptors (Lipinski definition) is 3. The van der Waals surface area contributed by atoms with Gasteiger partial charge in [0.2, 0.25) is 0 Å². The Bertz CT molecular complexity index is 732. The van der Waals surface area contributed by atoms with E-state index in [0.717, 1.165) is 48.8 Å². The van der Waals surface area contributed by atoms with Crippen molar-refractivity contribution in [1.82, 2.24) is 10.1 Å². The summed E-state index contributed by atoms with van der Waals surface area (Å²) in [5, 5.41) is 6.90. The van der Waals surface area contributed by atoms with Crippen molar-refractivity contribution in [2.75, 3.05) is 12.4 Å². The summed E-state index contributed by atoms with van der Waals surface area (Å²) in [6.07, 6.45) is 4.07. The highest BCUT2D eigenvalue weighted by molar-refractivity contribution is 6.33. The molecule has 1 aliphatic carbocycles. The van der Waals surface area contributed by atoms with E-state index in [2.05, 4.69) is 10.5 Å². The third-order valence-corrected chi connectivity index (χ3v) is 4.25. The van der Waals surface area contributed by atoms with Gasteiger partial charge < -0.3 is 14.7 Å². The second-order valence-corrected chi connectivity index (χ2v) is 6.06. The van der Waals surface area contributed by atoms with Gasteiger partial charge in [0.05, 0.1) is 17.3 Å². The highest BCUT2D eigenvalue weighted by Crippen LogP contribution is 2.26. The number of benzene rings is 1. The second kappa shape index (κ2) is 6.58. The second-order valence-electron chi connectivity index (χ2n) is 5.65. The number of halogens is 2. The van der Waals surface area contributed by atoms with E-state index in [1.807, 2.05) is 0 Å². The molecule has 0 unspecified atom stereocenters. The molecule has 7 heteroatoms. The molecule has 0 fully saturated rings. The summed E-state index contributed by atoms with van der Waals surface area (Å²) >= 11 is 5.92. The van der Waals surface area contributed by atoms with Crippen LogP contribution in [0.3, 0.4) is 0 Å². The number of carbonyl (C=O) groups is 1. The number of amides is 2. The molecule has 122 valence electrons. The predicted molar refractivity (Wildman–Crippen MR) is 85.0 cm³/mol. The molecule has 23 heavy (non-hydrogen) atoms. The minimum Gasteiger partial charge on any atom is -0.361 e. The van der Waals surface area contributed by atoms with Gasteiger partial charge >= 0.3 is 6.03 Å². The van der Waals surface area contributed by atoms with Crippen LogP contribution in [-0.4, -0.2) is 23.1 Å². The molecular weight excluding hydrogens is 321 g/mol. The molecule has 0 radical (unpaired) electrons. The Morgan fingerprint density at radius 3 is 3.00 bits per heavy atom. The first-order valence-corrected chi connectivity index (χ1v) is 7.86. The smallest absolute Gasteiger partial charge is 0.321 e. The largest absolute Gasteiger partial charge is 0.361 e. The molecule has 0 spiro atoms. The van der Waals surface area contributed by atoms with Crippen LogP contribution in [0.15, 0.2) is 22.7 Å². The third kappa shape index (κ3) is 3.47. The molecule has 0 atom stereocenters. The summed E-state index contributed by atoms with van der Waals surface area (Å²) in [4.78, 5) is 13.7. The zero-order chi connectivity index (χ0) is 16.4. The van der Waals surface area contributed by atoms with Crippen molar-refractivity contribution in [2.24, 2.45) is 0 Å². The maximum absolute atomic E-state index is 13.0. The van der Waals surface area contributed by atoms with E-state index in [1.165, 1.54) is 17.0 Å². The van der Waals surface area contributed by atoms with Crippen LogP contribution in [0, 0.1) is 5.82 Å². The summed E-state index contributed by atoms with van der Waals surface area (Å²) in [5.74, 6) is 0.484. The zero-order valence-corrected chi connectivity index (χ0v) is 13.5. The van der Waals surface area contributed by atoms with Crippen molar-refractivity contribution >= 4 is 23.3 Å². The fraction of sp³-hybridized carbons (Fsp3) is 0.375. The molecule has 2 aromatic rings. The van der Waals surface area contributed by atoms with Gasteiger partial charge in [0.1, 0.15) is 17.3 Å². The lowest BCUT2D eigenvalue weighted by molar-refractivity contribution is 0.219. The molecule has 0 saturated carbocycles. The van der Waals surface area contributed by atoms with E-state index < -0.39 is 5.82 Å². The van der Waals surface area contributed by atoms with Gasteiger partial charge in [-0.05, 0) is 37.5 Å². The Morgan fingerprint density at radius 1 is 1.43 bits per heavy atom. The van der Waals surface area contributed by atoms with Crippen LogP contribution >= 0.6 is 11.6 Å². The standard InChI is InChI=1S/C16H17ClFN3O2/c1-21(9-14-11-4-2-3-5-15(11)23-20-14)16(22)19-13-7-6-10(18)8-12(13)17/h6-8H,2-5,9H2,1H3,(H,19,22). The fourth-order valence-corrected chi connectivity index (χ4v) is 2.89. The van der Waals surface area contributed by atoms with E-state index in [4.69, 9.17) is 16.1 Å². The van der Waals surface area contributed by atoms with Crippen LogP contribution in [-0.2, 0) is 19.4 Å². The summed E-state index contributed by atoms with van der Waals surface area (Å²) in [7, 11) is 1.66. The number of urea groups is 1. The first-order chi connectivity index (χ1) is 11.0. The number of hydrogen-bond donors (Lipinski definition) is 1. The van der Waals surface area contributed by atoms with Gasteiger partial charge in [-0.2, -0.15) is 0 Å². The molecule has 2 amide bonds. The first kappa shape index (κ1) is 15.8. The minimum absolute atomic E-state index is 0.158. The molecule has 1 aromatic heterocycles. The lowest BCUT2D eigenvalue weighted by Crippen LogP contribution is -2.31.